The Morgan fingerprint density at radius 2 is 1.82 bits per heavy atom. The number of methoxy groups -OCH3 is 4. The molecule has 33 heavy (non-hydrogen) atoms. The summed E-state index contributed by atoms with van der Waals surface area (Å²) in [6.07, 6.45) is 1.06. The Morgan fingerprint density at radius 3 is 2.42 bits per heavy atom. The van der Waals surface area contributed by atoms with Crippen LogP contribution in [0.4, 0.5) is 0 Å². The molecule has 5 aliphatic carbocycles. The van der Waals surface area contributed by atoms with Gasteiger partial charge in [-0.3, -0.25) is 4.90 Å². The molecule has 1 heterocycles. The van der Waals surface area contributed by atoms with Gasteiger partial charge in [0.15, 0.2) is 0 Å². The number of aliphatic hydroxyl groups excluding tert-OH is 1. The minimum Gasteiger partial charge on any atom is -0.392 e. The molecule has 0 unspecified atom stereocenters. The van der Waals surface area contributed by atoms with E-state index in [1.54, 1.807) is 28.4 Å². The number of ether oxygens (including phenoxy) is 4. The molecule has 5 saturated carbocycles. The molecule has 7 bridgehead atoms. The van der Waals surface area contributed by atoms with Crippen LogP contribution in [0.2, 0.25) is 0 Å². The van der Waals surface area contributed by atoms with Crippen molar-refractivity contribution in [2.75, 3.05) is 48.1 Å². The van der Waals surface area contributed by atoms with Gasteiger partial charge >= 0.3 is 0 Å². The lowest BCUT2D eigenvalue weighted by Crippen LogP contribution is -2.82. The average Bonchev–Trinajstić information content (AvgIpc) is 3.22. The molecule has 0 aromatic heterocycles. The zero-order chi connectivity index (χ0) is 23.6. The summed E-state index contributed by atoms with van der Waals surface area (Å²) in [4.78, 5) is 2.33. The van der Waals surface area contributed by atoms with Crippen LogP contribution in [0, 0.1) is 34.5 Å². The molecule has 0 radical (unpaired) electrons. The number of piperidine rings is 1. The molecule has 1 spiro atoms. The van der Waals surface area contributed by atoms with Crippen LogP contribution in [0.5, 0.6) is 0 Å². The highest BCUT2D eigenvalue weighted by molar-refractivity contribution is 5.41. The molecule has 6 rings (SSSR count). The minimum absolute atomic E-state index is 0.00825. The maximum Gasteiger partial charge on any atom is 0.136 e. The quantitative estimate of drug-likeness (QED) is 0.512. The van der Waals surface area contributed by atoms with E-state index in [4.69, 9.17) is 18.9 Å². The summed E-state index contributed by atoms with van der Waals surface area (Å²) < 4.78 is 24.0. The molecule has 188 valence electrons. The van der Waals surface area contributed by atoms with Gasteiger partial charge < -0.3 is 34.3 Å². The standard InChI is InChI=1S/C25H41NO7/c1-6-26-11-22(12-30-2)8-7-16(27)24-14-9-13-15(31-3)10-23(28,17(14)18(13)32-4)25(29,21(24)26)20(33-5)19(22)24/h13-21,27-29H,6-12H2,1-5H3/t13-,14-,15+,16+,17-,18+,19-,20+,21+,22+,23-,24+,25-/m1/s1. The number of aliphatic hydroxyl groups is 3. The maximum atomic E-state index is 12.9. The molecule has 1 saturated heterocycles. The summed E-state index contributed by atoms with van der Waals surface area (Å²) in [5.41, 5.74) is -3.82. The number of hydrogen-bond acceptors (Lipinski definition) is 8. The lowest BCUT2D eigenvalue weighted by Gasteiger charge is -2.69. The van der Waals surface area contributed by atoms with Gasteiger partial charge in [-0.2, -0.15) is 0 Å². The first-order valence-corrected chi connectivity index (χ1v) is 12.7. The third-order valence-corrected chi connectivity index (χ3v) is 11.5. The van der Waals surface area contributed by atoms with Crippen LogP contribution in [0.25, 0.3) is 0 Å². The normalized spacial score (nSPS) is 60.9. The van der Waals surface area contributed by atoms with Crippen molar-refractivity contribution >= 4 is 0 Å². The van der Waals surface area contributed by atoms with Crippen LogP contribution in [0.15, 0.2) is 0 Å². The van der Waals surface area contributed by atoms with Gasteiger partial charge in [0.25, 0.3) is 0 Å². The predicted molar refractivity (Wildman–Crippen MR) is 119 cm³/mol. The highest BCUT2D eigenvalue weighted by atomic mass is 16.5. The average molecular weight is 468 g/mol. The Kier molecular flexibility index (Phi) is 4.99. The van der Waals surface area contributed by atoms with E-state index in [1.165, 1.54) is 0 Å². The highest BCUT2D eigenvalue weighted by Gasteiger charge is 2.91. The first kappa shape index (κ1) is 23.1. The van der Waals surface area contributed by atoms with Gasteiger partial charge in [-0.15, -0.1) is 0 Å². The lowest BCUT2D eigenvalue weighted by molar-refractivity contribution is -0.318. The van der Waals surface area contributed by atoms with E-state index in [1.807, 2.05) is 0 Å². The zero-order valence-corrected chi connectivity index (χ0v) is 20.6. The van der Waals surface area contributed by atoms with E-state index < -0.39 is 28.8 Å². The number of likely N-dealkylation sites (tertiary alicyclic amines) is 1. The lowest BCUT2D eigenvalue weighted by atomic mass is 9.42. The summed E-state index contributed by atoms with van der Waals surface area (Å²) in [5.74, 6) is -0.231. The molecule has 0 aromatic rings. The summed E-state index contributed by atoms with van der Waals surface area (Å²) >= 11 is 0. The molecule has 1 aliphatic heterocycles. The smallest absolute Gasteiger partial charge is 0.136 e. The van der Waals surface area contributed by atoms with E-state index in [0.29, 0.717) is 19.4 Å². The van der Waals surface area contributed by atoms with E-state index in [0.717, 1.165) is 25.9 Å². The monoisotopic (exact) mass is 467 g/mol. The number of nitrogens with zero attached hydrogens (tertiary/aromatic N) is 1. The molecule has 8 nitrogen and oxygen atoms in total. The van der Waals surface area contributed by atoms with E-state index in [9.17, 15) is 15.3 Å². The van der Waals surface area contributed by atoms with Crippen molar-refractivity contribution < 1.29 is 34.3 Å². The van der Waals surface area contributed by atoms with Gasteiger partial charge in [0.1, 0.15) is 11.2 Å². The van der Waals surface area contributed by atoms with E-state index in [-0.39, 0.29) is 47.3 Å². The Labute approximate surface area is 196 Å². The van der Waals surface area contributed by atoms with E-state index >= 15 is 0 Å². The van der Waals surface area contributed by atoms with Crippen molar-refractivity contribution in [1.82, 2.24) is 4.90 Å². The number of hydrogen-bond donors (Lipinski definition) is 3. The summed E-state index contributed by atoms with van der Waals surface area (Å²) in [6, 6.07) is -0.386. The molecular weight excluding hydrogens is 426 g/mol. The molecule has 6 fully saturated rings. The van der Waals surface area contributed by atoms with Crippen LogP contribution >= 0.6 is 0 Å². The van der Waals surface area contributed by atoms with Gasteiger partial charge in [-0.05, 0) is 31.7 Å². The van der Waals surface area contributed by atoms with Crippen molar-refractivity contribution in [1.29, 1.82) is 0 Å². The minimum atomic E-state index is -1.55. The topological polar surface area (TPSA) is 101 Å². The number of rotatable bonds is 6. The van der Waals surface area contributed by atoms with Gasteiger partial charge in [0.05, 0.1) is 37.1 Å². The number of fused-ring (bicyclic) bond motifs is 2. The van der Waals surface area contributed by atoms with Crippen LogP contribution in [-0.4, -0.2) is 110 Å². The zero-order valence-electron chi connectivity index (χ0n) is 20.6. The van der Waals surface area contributed by atoms with Crippen molar-refractivity contribution in [2.24, 2.45) is 34.5 Å². The SMILES string of the molecule is CCN1C[C@]2(COC)CC[C@H](O)[C@@]34[C@@H]5C[C@H]6[C@H](OC)[C@@H]5[C@](O)(C[C@@H]6OC)[C@@](O)([C@@H](OC)[C@H]23)[C@@H]14. The largest absolute Gasteiger partial charge is 0.392 e. The molecule has 8 heteroatoms. The molecule has 13 atom stereocenters. The van der Waals surface area contributed by atoms with E-state index in [2.05, 4.69) is 11.8 Å². The van der Waals surface area contributed by atoms with Crippen LogP contribution < -0.4 is 0 Å². The van der Waals surface area contributed by atoms with Gasteiger partial charge in [-0.25, -0.2) is 0 Å². The Bertz CT molecular complexity index is 814. The Morgan fingerprint density at radius 1 is 1.06 bits per heavy atom. The first-order chi connectivity index (χ1) is 15.8. The number of likely N-dealkylation sites (N-methyl/N-ethyl adjacent to an activating group) is 1. The van der Waals surface area contributed by atoms with Crippen molar-refractivity contribution in [3.8, 4) is 0 Å². The van der Waals surface area contributed by atoms with Crippen LogP contribution in [-0.2, 0) is 18.9 Å². The predicted octanol–water partition coefficient (Wildman–Crippen LogP) is 0.271. The molecular formula is C25H41NO7. The fraction of sp³-hybridized carbons (Fsp3) is 1.00. The van der Waals surface area contributed by atoms with Crippen molar-refractivity contribution in [3.05, 3.63) is 0 Å². The Balaban J connectivity index is 1.67. The van der Waals surface area contributed by atoms with Gasteiger partial charge in [-0.1, -0.05) is 6.92 Å². The van der Waals surface area contributed by atoms with Crippen molar-refractivity contribution in [2.45, 2.75) is 74.3 Å². The second kappa shape index (κ2) is 7.13. The second-order valence-electron chi connectivity index (χ2n) is 11.9. The fourth-order valence-corrected chi connectivity index (χ4v) is 11.0. The molecule has 0 amide bonds. The molecule has 0 aromatic carbocycles. The van der Waals surface area contributed by atoms with Gasteiger partial charge in [0, 0.05) is 70.0 Å². The summed E-state index contributed by atoms with van der Waals surface area (Å²) in [7, 11) is 6.79. The van der Waals surface area contributed by atoms with Gasteiger partial charge in [0.2, 0.25) is 0 Å². The summed E-state index contributed by atoms with van der Waals surface area (Å²) in [5, 5.41) is 37.6. The second-order valence-corrected chi connectivity index (χ2v) is 11.9. The third-order valence-electron chi connectivity index (χ3n) is 11.5. The van der Waals surface area contributed by atoms with Crippen molar-refractivity contribution in [3.63, 3.8) is 0 Å². The molecule has 3 N–H and O–H groups in total. The fourth-order valence-electron chi connectivity index (χ4n) is 11.0. The van der Waals surface area contributed by atoms with Crippen LogP contribution in [0.1, 0.15) is 32.6 Å². The first-order valence-electron chi connectivity index (χ1n) is 12.7. The maximum absolute atomic E-state index is 12.9. The molecule has 6 aliphatic rings. The van der Waals surface area contributed by atoms with Crippen LogP contribution in [0.3, 0.4) is 0 Å². The Hall–Kier alpha value is -0.320. The third kappa shape index (κ3) is 2.20. The summed E-state index contributed by atoms with van der Waals surface area (Å²) in [6.45, 7) is 4.18. The highest BCUT2D eigenvalue weighted by Crippen LogP contribution is 2.80.